The summed E-state index contributed by atoms with van der Waals surface area (Å²) in [7, 11) is 3.95. The molecule has 3 heterocycles. The molecule has 0 unspecified atom stereocenters. The molecule has 23 heavy (non-hydrogen) atoms. The number of carbonyl (C=O) groups is 2. The molecule has 0 aromatic carbocycles. The van der Waals surface area contributed by atoms with Gasteiger partial charge in [0.25, 0.3) is 5.91 Å². The largest absolute Gasteiger partial charge is 0.351 e. The van der Waals surface area contributed by atoms with Gasteiger partial charge in [-0.25, -0.2) is 4.98 Å². The third kappa shape index (κ3) is 4.87. The van der Waals surface area contributed by atoms with Crippen molar-refractivity contribution in [2.75, 3.05) is 17.6 Å². The second-order valence-electron chi connectivity index (χ2n) is 5.78. The van der Waals surface area contributed by atoms with Gasteiger partial charge in [0.1, 0.15) is 4.88 Å². The van der Waals surface area contributed by atoms with Crippen LogP contribution in [-0.2, 0) is 11.2 Å². The summed E-state index contributed by atoms with van der Waals surface area (Å²) in [6, 6.07) is 0. The number of nitrogens with zero attached hydrogens (tertiary/aromatic N) is 1. The van der Waals surface area contributed by atoms with E-state index in [0.717, 1.165) is 36.6 Å². The molecule has 2 amide bonds. The topological polar surface area (TPSA) is 71.1 Å². The van der Waals surface area contributed by atoms with Gasteiger partial charge in [-0.2, -0.15) is 0 Å². The van der Waals surface area contributed by atoms with Crippen LogP contribution in [0.15, 0.2) is 0 Å². The Morgan fingerprint density at radius 3 is 3.13 bits per heavy atom. The van der Waals surface area contributed by atoms with Gasteiger partial charge in [0, 0.05) is 24.0 Å². The van der Waals surface area contributed by atoms with Gasteiger partial charge in [-0.3, -0.25) is 9.59 Å². The first-order valence-corrected chi connectivity index (χ1v) is 11.3. The number of aromatic nitrogens is 1. The number of thiazole rings is 1. The van der Waals surface area contributed by atoms with Crippen LogP contribution in [0.2, 0.25) is 0 Å². The normalized spacial score (nSPS) is 20.7. The summed E-state index contributed by atoms with van der Waals surface area (Å²) in [5.74, 6) is 1.20. The summed E-state index contributed by atoms with van der Waals surface area (Å²) >= 11 is 1.28. The molecule has 2 aliphatic rings. The molecule has 2 N–H and O–H groups in total. The number of fused-ring (bicyclic) bond motifs is 1. The fraction of sp³-hybridized carbons (Fsp3) is 0.667. The van der Waals surface area contributed by atoms with E-state index in [-0.39, 0.29) is 11.8 Å². The Balaban J connectivity index is 1.42. The lowest BCUT2D eigenvalue weighted by Gasteiger charge is -2.06. The van der Waals surface area contributed by atoms with Crippen molar-refractivity contribution in [1.82, 2.24) is 10.3 Å². The summed E-state index contributed by atoms with van der Waals surface area (Å²) < 4.78 is 0. The molecular weight excluding hydrogens is 350 g/mol. The number of nitrogens with one attached hydrogen (secondary N) is 2. The van der Waals surface area contributed by atoms with Crippen LogP contribution < -0.4 is 10.6 Å². The van der Waals surface area contributed by atoms with Crippen LogP contribution in [0.25, 0.3) is 0 Å². The van der Waals surface area contributed by atoms with Crippen molar-refractivity contribution in [2.24, 2.45) is 0 Å². The highest BCUT2D eigenvalue weighted by Gasteiger charge is 2.21. The van der Waals surface area contributed by atoms with E-state index in [1.54, 1.807) is 0 Å². The average Bonchev–Trinajstić information content (AvgIpc) is 3.14. The molecular formula is C15H21N3O2S3. The van der Waals surface area contributed by atoms with Gasteiger partial charge >= 0.3 is 0 Å². The van der Waals surface area contributed by atoms with Crippen LogP contribution in [0.4, 0.5) is 5.13 Å². The molecule has 126 valence electrons. The van der Waals surface area contributed by atoms with Gasteiger partial charge in [0.15, 0.2) is 5.13 Å². The van der Waals surface area contributed by atoms with Gasteiger partial charge in [-0.15, -0.1) is 0 Å². The fourth-order valence-electron chi connectivity index (χ4n) is 2.69. The number of rotatable bonds is 6. The highest BCUT2D eigenvalue weighted by Crippen LogP contribution is 2.39. The van der Waals surface area contributed by atoms with E-state index in [0.29, 0.717) is 23.0 Å². The Morgan fingerprint density at radius 2 is 2.30 bits per heavy atom. The number of amides is 2. The van der Waals surface area contributed by atoms with E-state index in [1.165, 1.54) is 29.9 Å². The van der Waals surface area contributed by atoms with Crippen LogP contribution in [-0.4, -0.2) is 34.3 Å². The second-order valence-corrected chi connectivity index (χ2v) is 9.56. The predicted molar refractivity (Wildman–Crippen MR) is 98.3 cm³/mol. The smallest absolute Gasteiger partial charge is 0.263 e. The number of anilines is 1. The van der Waals surface area contributed by atoms with E-state index in [9.17, 15) is 9.59 Å². The van der Waals surface area contributed by atoms with Crippen LogP contribution in [0.1, 0.15) is 53.9 Å². The molecule has 8 heteroatoms. The standard InChI is InChI=1S/C15H21N3O2S3/c19-12(6-2-1-4-10-7-9-21-23-10)18-15-17-11-5-3-8-16-14(20)13(11)22-15/h10H,1-9H2,(H,16,20)(H,17,18,19)/t10-/m1/s1. The zero-order valence-corrected chi connectivity index (χ0v) is 15.4. The van der Waals surface area contributed by atoms with Crippen molar-refractivity contribution in [3.63, 3.8) is 0 Å². The van der Waals surface area contributed by atoms with Crippen molar-refractivity contribution in [1.29, 1.82) is 0 Å². The highest BCUT2D eigenvalue weighted by atomic mass is 33.1. The first-order valence-electron chi connectivity index (χ1n) is 8.08. The number of carbonyl (C=O) groups excluding carboxylic acids is 2. The van der Waals surface area contributed by atoms with E-state index in [2.05, 4.69) is 15.6 Å². The summed E-state index contributed by atoms with van der Waals surface area (Å²) in [6.45, 7) is 0.696. The summed E-state index contributed by atoms with van der Waals surface area (Å²) in [5, 5.41) is 7.03. The SMILES string of the molecule is O=C(CCCC[C@@H]1CCSS1)Nc1nc2c(s1)C(=O)NCCC2. The van der Waals surface area contributed by atoms with Crippen molar-refractivity contribution >= 4 is 49.9 Å². The molecule has 0 aliphatic carbocycles. The van der Waals surface area contributed by atoms with Crippen molar-refractivity contribution in [2.45, 2.75) is 50.2 Å². The number of unbranched alkanes of at least 4 members (excludes halogenated alkanes) is 1. The van der Waals surface area contributed by atoms with Gasteiger partial charge < -0.3 is 10.6 Å². The lowest BCUT2D eigenvalue weighted by molar-refractivity contribution is -0.116. The lowest BCUT2D eigenvalue weighted by Crippen LogP contribution is -2.21. The van der Waals surface area contributed by atoms with Crippen LogP contribution in [0.3, 0.4) is 0 Å². The minimum atomic E-state index is -0.0672. The van der Waals surface area contributed by atoms with Gasteiger partial charge in [0.2, 0.25) is 5.91 Å². The third-order valence-corrected chi connectivity index (χ3v) is 7.95. The molecule has 1 aromatic rings. The van der Waals surface area contributed by atoms with E-state index in [1.807, 2.05) is 21.6 Å². The van der Waals surface area contributed by atoms with Gasteiger partial charge in [-0.05, 0) is 32.1 Å². The quantitative estimate of drug-likeness (QED) is 0.592. The Labute approximate surface area is 148 Å². The van der Waals surface area contributed by atoms with E-state index < -0.39 is 0 Å². The van der Waals surface area contributed by atoms with E-state index in [4.69, 9.17) is 0 Å². The number of hydrogen-bond donors (Lipinski definition) is 2. The average molecular weight is 372 g/mol. The molecule has 3 rings (SSSR count). The minimum absolute atomic E-state index is 0.00256. The molecule has 0 bridgehead atoms. The number of hydrogen-bond acceptors (Lipinski definition) is 6. The van der Waals surface area contributed by atoms with Crippen molar-refractivity contribution < 1.29 is 9.59 Å². The van der Waals surface area contributed by atoms with Gasteiger partial charge in [-0.1, -0.05) is 39.3 Å². The maximum absolute atomic E-state index is 12.0. The summed E-state index contributed by atoms with van der Waals surface area (Å²) in [5.41, 5.74) is 0.816. The maximum atomic E-state index is 12.0. The third-order valence-electron chi connectivity index (χ3n) is 3.93. The zero-order chi connectivity index (χ0) is 16.1. The van der Waals surface area contributed by atoms with Crippen molar-refractivity contribution in [3.05, 3.63) is 10.6 Å². The molecule has 1 fully saturated rings. The Kier molecular flexibility index (Phi) is 6.24. The predicted octanol–water partition coefficient (Wildman–Crippen LogP) is 3.47. The Hall–Kier alpha value is -0.730. The molecule has 1 atom stereocenters. The summed E-state index contributed by atoms with van der Waals surface area (Å²) in [4.78, 5) is 29.0. The first-order chi connectivity index (χ1) is 11.2. The molecule has 0 spiro atoms. The monoisotopic (exact) mass is 371 g/mol. The maximum Gasteiger partial charge on any atom is 0.263 e. The first kappa shape index (κ1) is 17.1. The van der Waals surface area contributed by atoms with Gasteiger partial charge in [0.05, 0.1) is 5.69 Å². The molecule has 1 aromatic heterocycles. The highest BCUT2D eigenvalue weighted by molar-refractivity contribution is 8.77. The van der Waals surface area contributed by atoms with Crippen LogP contribution in [0, 0.1) is 0 Å². The van der Waals surface area contributed by atoms with Crippen molar-refractivity contribution in [3.8, 4) is 0 Å². The second kappa shape index (κ2) is 8.39. The molecule has 0 radical (unpaired) electrons. The molecule has 5 nitrogen and oxygen atoms in total. The molecule has 1 saturated heterocycles. The Bertz CT molecular complexity index is 570. The fourth-order valence-corrected chi connectivity index (χ4v) is 6.67. The molecule has 2 aliphatic heterocycles. The lowest BCUT2D eigenvalue weighted by atomic mass is 10.1. The number of aryl methyl sites for hydroxylation is 1. The van der Waals surface area contributed by atoms with Crippen LogP contribution >= 0.6 is 32.9 Å². The molecule has 0 saturated carbocycles. The zero-order valence-electron chi connectivity index (χ0n) is 12.9. The summed E-state index contributed by atoms with van der Waals surface area (Å²) in [6.07, 6.45) is 6.73. The Morgan fingerprint density at radius 1 is 1.39 bits per heavy atom. The van der Waals surface area contributed by atoms with Crippen LogP contribution in [0.5, 0.6) is 0 Å². The van der Waals surface area contributed by atoms with E-state index >= 15 is 0 Å². The minimum Gasteiger partial charge on any atom is -0.351 e.